The minimum atomic E-state index is -1.18. The van der Waals surface area contributed by atoms with Crippen LogP contribution in [0, 0.1) is 0 Å². The van der Waals surface area contributed by atoms with Crippen LogP contribution in [0.2, 0.25) is 0 Å². The molecule has 3 aromatic rings. The van der Waals surface area contributed by atoms with Crippen molar-refractivity contribution in [3.8, 4) is 16.9 Å². The highest BCUT2D eigenvalue weighted by molar-refractivity contribution is 6.04. The van der Waals surface area contributed by atoms with Gasteiger partial charge in [0.1, 0.15) is 11.3 Å². The van der Waals surface area contributed by atoms with Gasteiger partial charge in [-0.25, -0.2) is 4.79 Å². The number of pyridine rings is 1. The van der Waals surface area contributed by atoms with E-state index in [1.807, 2.05) is 0 Å². The summed E-state index contributed by atoms with van der Waals surface area (Å²) in [4.78, 5) is 46.6. The zero-order valence-corrected chi connectivity index (χ0v) is 15.4. The molecule has 0 amide bonds. The van der Waals surface area contributed by atoms with Crippen LogP contribution in [0.15, 0.2) is 47.3 Å². The lowest BCUT2D eigenvalue weighted by molar-refractivity contribution is -0.136. The summed E-state index contributed by atoms with van der Waals surface area (Å²) in [5, 5.41) is 28.6. The number of aliphatic carboxylic acids is 1. The Morgan fingerprint density at radius 1 is 0.931 bits per heavy atom. The number of carbonyl (C=O) groups excluding carboxylic acids is 1. The SMILES string of the molecule is Cn1c(=O)c(C(=O)CCC(=O)O)c(O)c2cc(-c3ccc(C(=O)O)cc3)ccc21. The van der Waals surface area contributed by atoms with E-state index in [4.69, 9.17) is 10.2 Å². The summed E-state index contributed by atoms with van der Waals surface area (Å²) in [6.45, 7) is 0. The van der Waals surface area contributed by atoms with Crippen LogP contribution < -0.4 is 5.56 Å². The van der Waals surface area contributed by atoms with Crippen LogP contribution in [0.3, 0.4) is 0 Å². The lowest BCUT2D eigenvalue weighted by Crippen LogP contribution is -2.25. The molecule has 0 aliphatic carbocycles. The third-order valence-electron chi connectivity index (χ3n) is 4.68. The molecule has 8 nitrogen and oxygen atoms in total. The second-order valence-electron chi connectivity index (χ2n) is 6.52. The molecule has 1 aromatic heterocycles. The zero-order valence-electron chi connectivity index (χ0n) is 15.4. The summed E-state index contributed by atoms with van der Waals surface area (Å²) in [6.07, 6.45) is -0.852. The summed E-state index contributed by atoms with van der Waals surface area (Å²) in [5.41, 5.74) is 0.707. The number of nitrogens with zero attached hydrogens (tertiary/aromatic N) is 1. The molecule has 148 valence electrons. The van der Waals surface area contributed by atoms with Crippen molar-refractivity contribution in [2.75, 3.05) is 0 Å². The van der Waals surface area contributed by atoms with E-state index in [0.717, 1.165) is 0 Å². The van der Waals surface area contributed by atoms with Crippen molar-refractivity contribution in [3.63, 3.8) is 0 Å². The van der Waals surface area contributed by atoms with Crippen LogP contribution in [-0.2, 0) is 11.8 Å². The van der Waals surface area contributed by atoms with Gasteiger partial charge in [0.25, 0.3) is 5.56 Å². The molecule has 0 fully saturated rings. The number of aromatic carboxylic acids is 1. The second kappa shape index (κ2) is 7.59. The maximum atomic E-state index is 12.5. The third kappa shape index (κ3) is 3.73. The van der Waals surface area contributed by atoms with E-state index in [0.29, 0.717) is 16.6 Å². The Bertz CT molecular complexity index is 1210. The number of carbonyl (C=O) groups is 3. The molecule has 0 radical (unpaired) electrons. The van der Waals surface area contributed by atoms with Gasteiger partial charge in [-0.05, 0) is 35.4 Å². The molecular weight excluding hydrogens is 378 g/mol. The first-order chi connectivity index (χ1) is 13.7. The molecule has 3 rings (SSSR count). The Hall–Kier alpha value is -3.94. The van der Waals surface area contributed by atoms with Gasteiger partial charge in [-0.3, -0.25) is 14.4 Å². The number of ketones is 1. The van der Waals surface area contributed by atoms with E-state index in [9.17, 15) is 24.3 Å². The first-order valence-corrected chi connectivity index (χ1v) is 8.65. The van der Waals surface area contributed by atoms with Crippen LogP contribution in [0.4, 0.5) is 0 Å². The molecule has 0 aliphatic rings. The Balaban J connectivity index is 2.14. The molecule has 0 saturated heterocycles. The molecule has 8 heteroatoms. The Morgan fingerprint density at radius 3 is 2.14 bits per heavy atom. The summed E-state index contributed by atoms with van der Waals surface area (Å²) in [7, 11) is 1.46. The van der Waals surface area contributed by atoms with Gasteiger partial charge in [0.05, 0.1) is 17.5 Å². The number of hydrogen-bond acceptors (Lipinski definition) is 5. The average Bonchev–Trinajstić information content (AvgIpc) is 2.70. The van der Waals surface area contributed by atoms with E-state index in [1.54, 1.807) is 30.3 Å². The molecular formula is C21H17NO7. The van der Waals surface area contributed by atoms with Crippen molar-refractivity contribution in [3.05, 3.63) is 63.9 Å². The van der Waals surface area contributed by atoms with E-state index in [-0.39, 0.29) is 10.9 Å². The van der Waals surface area contributed by atoms with E-state index < -0.39 is 47.4 Å². The number of carboxylic acids is 2. The quantitative estimate of drug-likeness (QED) is 0.546. The number of fused-ring (bicyclic) bond motifs is 1. The van der Waals surface area contributed by atoms with Gasteiger partial charge in [0.15, 0.2) is 5.78 Å². The normalized spacial score (nSPS) is 10.8. The fourth-order valence-corrected chi connectivity index (χ4v) is 3.11. The van der Waals surface area contributed by atoms with Crippen molar-refractivity contribution in [1.82, 2.24) is 4.57 Å². The first kappa shape index (κ1) is 19.8. The van der Waals surface area contributed by atoms with Crippen LogP contribution >= 0.6 is 0 Å². The standard InChI is InChI=1S/C21H17NO7/c1-22-15-7-6-13(11-2-4-12(5-3-11)21(28)29)10-14(15)19(26)18(20(22)27)16(23)8-9-17(24)25/h2-7,10,26H,8-9H2,1H3,(H,24,25)(H,28,29). The largest absolute Gasteiger partial charge is 0.506 e. The van der Waals surface area contributed by atoms with Crippen LogP contribution in [0.1, 0.15) is 33.6 Å². The highest BCUT2D eigenvalue weighted by Gasteiger charge is 2.22. The molecule has 0 atom stereocenters. The van der Waals surface area contributed by atoms with Crippen LogP contribution in [0.25, 0.3) is 22.0 Å². The predicted octanol–water partition coefficient (Wildman–Crippen LogP) is 2.66. The molecule has 0 saturated carbocycles. The van der Waals surface area contributed by atoms with Crippen molar-refractivity contribution in [1.29, 1.82) is 0 Å². The van der Waals surface area contributed by atoms with Gasteiger partial charge in [-0.2, -0.15) is 0 Å². The van der Waals surface area contributed by atoms with Gasteiger partial charge in [-0.1, -0.05) is 18.2 Å². The number of hydrogen-bond donors (Lipinski definition) is 3. The molecule has 0 unspecified atom stereocenters. The van der Waals surface area contributed by atoms with Crippen molar-refractivity contribution in [2.45, 2.75) is 12.8 Å². The molecule has 2 aromatic carbocycles. The van der Waals surface area contributed by atoms with Crippen LogP contribution in [-0.4, -0.2) is 37.6 Å². The lowest BCUT2D eigenvalue weighted by Gasteiger charge is -2.12. The monoisotopic (exact) mass is 395 g/mol. The van der Waals surface area contributed by atoms with Gasteiger partial charge >= 0.3 is 11.9 Å². The first-order valence-electron chi connectivity index (χ1n) is 8.65. The molecule has 0 aliphatic heterocycles. The fourth-order valence-electron chi connectivity index (χ4n) is 3.11. The van der Waals surface area contributed by atoms with E-state index in [2.05, 4.69) is 0 Å². The maximum absolute atomic E-state index is 12.5. The summed E-state index contributed by atoms with van der Waals surface area (Å²) in [5.74, 6) is -3.47. The van der Waals surface area contributed by atoms with E-state index >= 15 is 0 Å². The highest BCUT2D eigenvalue weighted by Crippen LogP contribution is 2.31. The van der Waals surface area contributed by atoms with Gasteiger partial charge in [0.2, 0.25) is 0 Å². The topological polar surface area (TPSA) is 134 Å². The van der Waals surface area contributed by atoms with Crippen LogP contribution in [0.5, 0.6) is 5.75 Å². The maximum Gasteiger partial charge on any atom is 0.335 e. The van der Waals surface area contributed by atoms with Gasteiger partial charge in [-0.15, -0.1) is 0 Å². The number of carboxylic acid groups (broad SMARTS) is 2. The highest BCUT2D eigenvalue weighted by atomic mass is 16.4. The Kier molecular flexibility index (Phi) is 5.18. The van der Waals surface area contributed by atoms with Gasteiger partial charge < -0.3 is 19.9 Å². The second-order valence-corrected chi connectivity index (χ2v) is 6.52. The number of aromatic nitrogens is 1. The van der Waals surface area contributed by atoms with Crippen molar-refractivity contribution < 1.29 is 29.7 Å². The molecule has 0 bridgehead atoms. The minimum absolute atomic E-state index is 0.131. The summed E-state index contributed by atoms with van der Waals surface area (Å²) >= 11 is 0. The molecule has 1 heterocycles. The third-order valence-corrected chi connectivity index (χ3v) is 4.68. The number of aromatic hydroxyl groups is 1. The zero-order chi connectivity index (χ0) is 21.3. The Morgan fingerprint density at radius 2 is 1.55 bits per heavy atom. The molecule has 29 heavy (non-hydrogen) atoms. The summed E-state index contributed by atoms with van der Waals surface area (Å²) < 4.78 is 1.22. The smallest absolute Gasteiger partial charge is 0.335 e. The van der Waals surface area contributed by atoms with E-state index in [1.165, 1.54) is 23.7 Å². The number of rotatable bonds is 6. The van der Waals surface area contributed by atoms with Gasteiger partial charge in [0, 0.05) is 18.9 Å². The molecule has 0 spiro atoms. The minimum Gasteiger partial charge on any atom is -0.506 e. The molecule has 3 N–H and O–H groups in total. The number of aryl methyl sites for hydroxylation is 1. The number of benzene rings is 2. The van der Waals surface area contributed by atoms with Crippen molar-refractivity contribution >= 4 is 28.6 Å². The Labute approximate surface area is 164 Å². The summed E-state index contributed by atoms with van der Waals surface area (Å²) in [6, 6.07) is 11.0. The fraction of sp³-hybridized carbons (Fsp3) is 0.143. The van der Waals surface area contributed by atoms with Crippen molar-refractivity contribution in [2.24, 2.45) is 7.05 Å². The lowest BCUT2D eigenvalue weighted by atomic mass is 9.99. The number of Topliss-reactive ketones (excluding diaryl/α,β-unsaturated/α-hetero) is 1. The average molecular weight is 395 g/mol. The predicted molar refractivity (Wildman–Crippen MR) is 104 cm³/mol.